The van der Waals surface area contributed by atoms with Crippen molar-refractivity contribution in [3.05, 3.63) is 34.2 Å². The Balaban J connectivity index is 2.12. The number of nitrogens with one attached hydrogen (secondary N) is 1. The number of aryl methyl sites for hydroxylation is 1. The number of amides is 1. The van der Waals surface area contributed by atoms with Crippen LogP contribution in [0.3, 0.4) is 0 Å². The number of carbonyl (C=O) groups excluding carboxylic acids is 1. The third-order valence-electron chi connectivity index (χ3n) is 3.90. The normalized spacial score (nSPS) is 23.1. The summed E-state index contributed by atoms with van der Waals surface area (Å²) in [5, 5.41) is 2.97. The van der Waals surface area contributed by atoms with E-state index < -0.39 is 0 Å². The van der Waals surface area contributed by atoms with Crippen LogP contribution in [-0.2, 0) is 7.05 Å². The number of nitrogens with two attached hydrogens (primary N) is 1. The van der Waals surface area contributed by atoms with E-state index in [-0.39, 0.29) is 23.1 Å². The molecule has 1 heterocycles. The maximum absolute atomic E-state index is 12.2. The lowest BCUT2D eigenvalue weighted by Gasteiger charge is -2.31. The zero-order valence-electron chi connectivity index (χ0n) is 11.3. The molecule has 0 bridgehead atoms. The topological polar surface area (TPSA) is 77.1 Å². The predicted octanol–water partition coefficient (Wildman–Crippen LogP) is 0.633. The molecule has 5 heteroatoms. The predicted molar refractivity (Wildman–Crippen MR) is 73.9 cm³/mol. The first-order valence-corrected chi connectivity index (χ1v) is 6.80. The minimum atomic E-state index is -0.286. The molecular weight excluding hydrogens is 242 g/mol. The van der Waals surface area contributed by atoms with E-state index in [1.165, 1.54) is 11.0 Å². The van der Waals surface area contributed by atoms with Gasteiger partial charge in [0.05, 0.1) is 0 Å². The molecule has 3 N–H and O–H groups in total. The molecule has 1 aliphatic carbocycles. The van der Waals surface area contributed by atoms with Gasteiger partial charge in [0.15, 0.2) is 0 Å². The Morgan fingerprint density at radius 2 is 2.21 bits per heavy atom. The minimum absolute atomic E-state index is 0.0937. The van der Waals surface area contributed by atoms with E-state index in [9.17, 15) is 9.59 Å². The van der Waals surface area contributed by atoms with Crippen molar-refractivity contribution < 1.29 is 4.79 Å². The summed E-state index contributed by atoms with van der Waals surface area (Å²) in [5.41, 5.74) is 5.68. The Hall–Kier alpha value is -1.62. The molecule has 0 radical (unpaired) electrons. The lowest BCUT2D eigenvalue weighted by molar-refractivity contribution is 0.0906. The molecule has 104 valence electrons. The number of rotatable bonds is 3. The second-order valence-corrected chi connectivity index (χ2v) is 5.20. The zero-order valence-corrected chi connectivity index (χ0v) is 11.3. The van der Waals surface area contributed by atoms with Gasteiger partial charge in [-0.05, 0) is 37.4 Å². The van der Waals surface area contributed by atoms with Gasteiger partial charge >= 0.3 is 0 Å². The molecule has 1 saturated carbocycles. The van der Waals surface area contributed by atoms with E-state index in [2.05, 4.69) is 5.32 Å². The van der Waals surface area contributed by atoms with Gasteiger partial charge < -0.3 is 15.6 Å². The van der Waals surface area contributed by atoms with Gasteiger partial charge in [-0.15, -0.1) is 0 Å². The molecule has 2 rings (SSSR count). The van der Waals surface area contributed by atoms with E-state index in [0.29, 0.717) is 12.5 Å². The van der Waals surface area contributed by atoms with Crippen LogP contribution in [0.4, 0.5) is 0 Å². The number of aromatic nitrogens is 1. The fourth-order valence-corrected chi connectivity index (χ4v) is 2.70. The Labute approximate surface area is 112 Å². The quantitative estimate of drug-likeness (QED) is 0.840. The van der Waals surface area contributed by atoms with E-state index in [1.807, 2.05) is 0 Å². The van der Waals surface area contributed by atoms with E-state index in [0.717, 1.165) is 19.3 Å². The van der Waals surface area contributed by atoms with E-state index in [4.69, 9.17) is 5.73 Å². The number of carbonyl (C=O) groups is 1. The van der Waals surface area contributed by atoms with Crippen LogP contribution in [0.25, 0.3) is 0 Å². The van der Waals surface area contributed by atoms with Crippen molar-refractivity contribution in [2.45, 2.75) is 31.7 Å². The average Bonchev–Trinajstić information content (AvgIpc) is 2.42. The lowest BCUT2D eigenvalue weighted by Crippen LogP contribution is -2.46. The van der Waals surface area contributed by atoms with Crippen LogP contribution in [-0.4, -0.2) is 23.1 Å². The molecule has 19 heavy (non-hydrogen) atoms. The highest BCUT2D eigenvalue weighted by Crippen LogP contribution is 2.23. The fourth-order valence-electron chi connectivity index (χ4n) is 2.70. The SMILES string of the molecule is Cn1cccc(C(=O)NC2CCCCC2CN)c1=O. The fraction of sp³-hybridized carbons (Fsp3) is 0.571. The van der Waals surface area contributed by atoms with Gasteiger partial charge in [0, 0.05) is 19.3 Å². The lowest BCUT2D eigenvalue weighted by atomic mass is 9.84. The Morgan fingerprint density at radius 1 is 1.47 bits per heavy atom. The highest BCUT2D eigenvalue weighted by molar-refractivity contribution is 5.94. The molecule has 0 aliphatic heterocycles. The van der Waals surface area contributed by atoms with Gasteiger partial charge in [-0.2, -0.15) is 0 Å². The third-order valence-corrected chi connectivity index (χ3v) is 3.90. The molecule has 1 amide bonds. The van der Waals surface area contributed by atoms with Crippen molar-refractivity contribution >= 4 is 5.91 Å². The third kappa shape index (κ3) is 3.04. The van der Waals surface area contributed by atoms with Crippen LogP contribution >= 0.6 is 0 Å². The molecule has 0 saturated heterocycles. The first-order valence-electron chi connectivity index (χ1n) is 6.80. The van der Waals surface area contributed by atoms with Crippen LogP contribution in [0.1, 0.15) is 36.0 Å². The van der Waals surface area contributed by atoms with Crippen LogP contribution in [0.15, 0.2) is 23.1 Å². The zero-order chi connectivity index (χ0) is 13.8. The van der Waals surface area contributed by atoms with Gasteiger partial charge in [0.1, 0.15) is 5.56 Å². The summed E-state index contributed by atoms with van der Waals surface area (Å²) in [6, 6.07) is 3.37. The average molecular weight is 263 g/mol. The van der Waals surface area contributed by atoms with E-state index in [1.54, 1.807) is 25.4 Å². The standard InChI is InChI=1S/C14H21N3O2/c1-17-8-4-6-11(14(17)19)13(18)16-12-7-3-2-5-10(12)9-15/h4,6,8,10,12H,2-3,5,7,9,15H2,1H3,(H,16,18). The first-order chi connectivity index (χ1) is 9.13. The maximum atomic E-state index is 12.2. The van der Waals surface area contributed by atoms with Crippen molar-refractivity contribution in [2.24, 2.45) is 18.7 Å². The Kier molecular flexibility index (Phi) is 4.37. The number of nitrogens with zero attached hydrogens (tertiary/aromatic N) is 1. The molecular formula is C14H21N3O2. The Bertz CT molecular complexity index is 510. The van der Waals surface area contributed by atoms with Gasteiger partial charge in [-0.3, -0.25) is 9.59 Å². The number of hydrogen-bond donors (Lipinski definition) is 2. The maximum Gasteiger partial charge on any atom is 0.263 e. The van der Waals surface area contributed by atoms with Crippen molar-refractivity contribution in [3.63, 3.8) is 0 Å². The van der Waals surface area contributed by atoms with Gasteiger partial charge in [-0.25, -0.2) is 0 Å². The van der Waals surface area contributed by atoms with Gasteiger partial charge in [0.25, 0.3) is 11.5 Å². The van der Waals surface area contributed by atoms with Crippen molar-refractivity contribution in [3.8, 4) is 0 Å². The molecule has 1 fully saturated rings. The summed E-state index contributed by atoms with van der Waals surface area (Å²) in [6.45, 7) is 0.581. The Morgan fingerprint density at radius 3 is 2.95 bits per heavy atom. The molecule has 0 spiro atoms. The summed E-state index contributed by atoms with van der Waals surface area (Å²) >= 11 is 0. The molecule has 2 atom stereocenters. The summed E-state index contributed by atoms with van der Waals surface area (Å²) in [5.74, 6) is 0.0387. The van der Waals surface area contributed by atoms with Crippen molar-refractivity contribution in [1.82, 2.24) is 9.88 Å². The highest BCUT2D eigenvalue weighted by atomic mass is 16.2. The molecule has 0 aromatic carbocycles. The van der Waals surface area contributed by atoms with Crippen LogP contribution in [0, 0.1) is 5.92 Å². The molecule has 1 aromatic heterocycles. The summed E-state index contributed by atoms with van der Waals surface area (Å²) in [6.07, 6.45) is 5.91. The highest BCUT2D eigenvalue weighted by Gasteiger charge is 2.26. The largest absolute Gasteiger partial charge is 0.349 e. The smallest absolute Gasteiger partial charge is 0.263 e. The molecule has 1 aliphatic rings. The molecule has 1 aromatic rings. The first kappa shape index (κ1) is 13.8. The number of hydrogen-bond acceptors (Lipinski definition) is 3. The second kappa shape index (κ2) is 6.02. The van der Waals surface area contributed by atoms with E-state index >= 15 is 0 Å². The van der Waals surface area contributed by atoms with Crippen molar-refractivity contribution in [1.29, 1.82) is 0 Å². The summed E-state index contributed by atoms with van der Waals surface area (Å²) < 4.78 is 1.41. The molecule has 2 unspecified atom stereocenters. The van der Waals surface area contributed by atoms with Gasteiger partial charge in [0.2, 0.25) is 0 Å². The molecule has 5 nitrogen and oxygen atoms in total. The monoisotopic (exact) mass is 263 g/mol. The summed E-state index contributed by atoms with van der Waals surface area (Å²) in [4.78, 5) is 24.1. The van der Waals surface area contributed by atoms with Gasteiger partial charge in [-0.1, -0.05) is 12.8 Å². The van der Waals surface area contributed by atoms with Crippen molar-refractivity contribution in [2.75, 3.05) is 6.54 Å². The van der Waals surface area contributed by atoms with Crippen LogP contribution in [0.2, 0.25) is 0 Å². The van der Waals surface area contributed by atoms with Crippen LogP contribution < -0.4 is 16.6 Å². The summed E-state index contributed by atoms with van der Waals surface area (Å²) in [7, 11) is 1.64. The van der Waals surface area contributed by atoms with Crippen LogP contribution in [0.5, 0.6) is 0 Å². The minimum Gasteiger partial charge on any atom is -0.349 e. The number of pyridine rings is 1. The second-order valence-electron chi connectivity index (χ2n) is 5.20.